The van der Waals surface area contributed by atoms with Gasteiger partial charge in [-0.1, -0.05) is 12.1 Å². The molecule has 1 fully saturated rings. The molecule has 0 bridgehead atoms. The van der Waals surface area contributed by atoms with Crippen LogP contribution in [0.3, 0.4) is 0 Å². The van der Waals surface area contributed by atoms with Crippen LogP contribution in [0.25, 0.3) is 0 Å². The molecule has 8 nitrogen and oxygen atoms in total. The molecule has 2 heterocycles. The molecule has 2 N–H and O–H groups in total. The van der Waals surface area contributed by atoms with Gasteiger partial charge in [0.1, 0.15) is 16.5 Å². The third-order valence-electron chi connectivity index (χ3n) is 5.02. The molecule has 0 aliphatic carbocycles. The van der Waals surface area contributed by atoms with Crippen LogP contribution in [0, 0.1) is 6.92 Å². The monoisotopic (exact) mass is 439 g/mol. The summed E-state index contributed by atoms with van der Waals surface area (Å²) in [5.74, 6) is 1.73. The second-order valence-corrected chi connectivity index (χ2v) is 8.99. The summed E-state index contributed by atoms with van der Waals surface area (Å²) >= 11 is 0. The number of nitrogens with one attached hydrogen (secondary N) is 2. The van der Waals surface area contributed by atoms with Crippen LogP contribution in [-0.4, -0.2) is 38.6 Å². The number of methoxy groups -OCH3 is 1. The Balaban J connectivity index is 1.49. The van der Waals surface area contributed by atoms with Gasteiger partial charge in [-0.15, -0.1) is 0 Å². The minimum Gasteiger partial charge on any atom is -0.495 e. The maximum Gasteiger partial charge on any atom is 0.265 e. The molecule has 0 saturated carbocycles. The van der Waals surface area contributed by atoms with Gasteiger partial charge in [-0.05, 0) is 56.2 Å². The van der Waals surface area contributed by atoms with Crippen molar-refractivity contribution < 1.29 is 13.2 Å². The van der Waals surface area contributed by atoms with Gasteiger partial charge in [0, 0.05) is 36.2 Å². The number of rotatable bonds is 7. The number of hydrogen-bond acceptors (Lipinski definition) is 7. The number of nitrogens with zero attached hydrogens (tertiary/aromatic N) is 3. The van der Waals surface area contributed by atoms with Gasteiger partial charge in [-0.2, -0.15) is 4.98 Å². The van der Waals surface area contributed by atoms with Gasteiger partial charge < -0.3 is 15.0 Å². The highest BCUT2D eigenvalue weighted by Gasteiger charge is 2.19. The standard InChI is InChI=1S/C22H25N5O3S/c1-16-15-21(27-13-5-6-14-27)25-22(23-16)24-17-9-11-18(12-10-17)26-31(28,29)20-8-4-3-7-19(20)30-2/h3-4,7-12,15,26H,5-6,13-14H2,1-2H3,(H,23,24,25). The fraction of sp³-hybridized carbons (Fsp3) is 0.273. The van der Waals surface area contributed by atoms with Gasteiger partial charge in [-0.25, -0.2) is 13.4 Å². The average molecular weight is 440 g/mol. The normalized spacial score (nSPS) is 13.8. The van der Waals surface area contributed by atoms with Crippen molar-refractivity contribution >= 4 is 33.2 Å². The molecule has 9 heteroatoms. The highest BCUT2D eigenvalue weighted by molar-refractivity contribution is 7.92. The largest absolute Gasteiger partial charge is 0.495 e. The van der Waals surface area contributed by atoms with Crippen molar-refractivity contribution in [1.82, 2.24) is 9.97 Å². The predicted octanol–water partition coefficient (Wildman–Crippen LogP) is 3.94. The number of ether oxygens (including phenoxy) is 1. The minimum absolute atomic E-state index is 0.0855. The molecule has 1 aliphatic rings. The molecule has 162 valence electrons. The molecule has 31 heavy (non-hydrogen) atoms. The van der Waals surface area contributed by atoms with E-state index >= 15 is 0 Å². The number of aryl methyl sites for hydroxylation is 1. The smallest absolute Gasteiger partial charge is 0.265 e. The molecular weight excluding hydrogens is 414 g/mol. The van der Waals surface area contributed by atoms with E-state index < -0.39 is 10.0 Å². The van der Waals surface area contributed by atoms with E-state index in [0.717, 1.165) is 30.3 Å². The zero-order chi connectivity index (χ0) is 21.8. The van der Waals surface area contributed by atoms with Crippen LogP contribution in [-0.2, 0) is 10.0 Å². The van der Waals surface area contributed by atoms with E-state index in [1.165, 1.54) is 26.0 Å². The summed E-state index contributed by atoms with van der Waals surface area (Å²) in [6.45, 7) is 3.97. The van der Waals surface area contributed by atoms with Crippen molar-refractivity contribution in [1.29, 1.82) is 0 Å². The lowest BCUT2D eigenvalue weighted by molar-refractivity contribution is 0.403. The number of hydrogen-bond donors (Lipinski definition) is 2. The number of aromatic nitrogens is 2. The molecule has 4 rings (SSSR count). The van der Waals surface area contributed by atoms with Crippen LogP contribution in [0.1, 0.15) is 18.5 Å². The SMILES string of the molecule is COc1ccccc1S(=O)(=O)Nc1ccc(Nc2nc(C)cc(N3CCCC3)n2)cc1. The van der Waals surface area contributed by atoms with E-state index in [1.807, 2.05) is 13.0 Å². The average Bonchev–Trinajstić information content (AvgIpc) is 3.30. The topological polar surface area (TPSA) is 96.5 Å². The summed E-state index contributed by atoms with van der Waals surface area (Å²) in [6.07, 6.45) is 2.36. The van der Waals surface area contributed by atoms with Crippen LogP contribution in [0.2, 0.25) is 0 Å². The number of anilines is 4. The van der Waals surface area contributed by atoms with E-state index in [0.29, 0.717) is 17.4 Å². The first-order valence-corrected chi connectivity index (χ1v) is 11.6. The molecule has 1 saturated heterocycles. The highest BCUT2D eigenvalue weighted by Crippen LogP contribution is 2.26. The molecule has 0 amide bonds. The maximum atomic E-state index is 12.7. The lowest BCUT2D eigenvalue weighted by Crippen LogP contribution is -2.19. The molecule has 0 unspecified atom stereocenters. The van der Waals surface area contributed by atoms with Crippen LogP contribution in [0.5, 0.6) is 5.75 Å². The Morgan fingerprint density at radius 1 is 0.968 bits per heavy atom. The van der Waals surface area contributed by atoms with Crippen molar-refractivity contribution in [2.75, 3.05) is 35.1 Å². The first-order valence-electron chi connectivity index (χ1n) is 10.1. The Kier molecular flexibility index (Phi) is 5.94. The van der Waals surface area contributed by atoms with Gasteiger partial charge in [0.15, 0.2) is 0 Å². The summed E-state index contributed by atoms with van der Waals surface area (Å²) in [7, 11) is -2.33. The fourth-order valence-electron chi connectivity index (χ4n) is 3.52. The van der Waals surface area contributed by atoms with E-state index in [4.69, 9.17) is 4.74 Å². The summed E-state index contributed by atoms with van der Waals surface area (Å²) in [4.78, 5) is 11.4. The Morgan fingerprint density at radius 3 is 2.35 bits per heavy atom. The summed E-state index contributed by atoms with van der Waals surface area (Å²) in [5.41, 5.74) is 2.10. The molecule has 2 aromatic carbocycles. The van der Waals surface area contributed by atoms with E-state index in [2.05, 4.69) is 24.9 Å². The lowest BCUT2D eigenvalue weighted by Gasteiger charge is -2.17. The van der Waals surface area contributed by atoms with Crippen LogP contribution >= 0.6 is 0 Å². The first kappa shape index (κ1) is 20.9. The minimum atomic E-state index is -3.77. The third-order valence-corrected chi connectivity index (χ3v) is 6.44. The zero-order valence-electron chi connectivity index (χ0n) is 17.5. The Hall–Kier alpha value is -3.33. The quantitative estimate of drug-likeness (QED) is 0.576. The molecular formula is C22H25N5O3S. The molecule has 1 aromatic heterocycles. The van der Waals surface area contributed by atoms with Gasteiger partial charge >= 0.3 is 0 Å². The summed E-state index contributed by atoms with van der Waals surface area (Å²) in [5, 5.41) is 3.20. The van der Waals surface area contributed by atoms with Crippen molar-refractivity contribution in [3.05, 3.63) is 60.3 Å². The third kappa shape index (κ3) is 4.88. The summed E-state index contributed by atoms with van der Waals surface area (Å²) in [6, 6.07) is 15.4. The number of sulfonamides is 1. The molecule has 1 aliphatic heterocycles. The first-order chi connectivity index (χ1) is 14.9. The maximum absolute atomic E-state index is 12.7. The Labute approximate surface area is 182 Å². The van der Waals surface area contributed by atoms with Gasteiger partial charge in [0.25, 0.3) is 10.0 Å². The van der Waals surface area contributed by atoms with Crippen molar-refractivity contribution in [3.8, 4) is 5.75 Å². The van der Waals surface area contributed by atoms with Gasteiger partial charge in [0.05, 0.1) is 7.11 Å². The van der Waals surface area contributed by atoms with E-state index in [9.17, 15) is 8.42 Å². The second-order valence-electron chi connectivity index (χ2n) is 7.34. The predicted molar refractivity (Wildman–Crippen MR) is 122 cm³/mol. The fourth-order valence-corrected chi connectivity index (χ4v) is 4.75. The zero-order valence-corrected chi connectivity index (χ0v) is 18.3. The van der Waals surface area contributed by atoms with E-state index in [-0.39, 0.29) is 4.90 Å². The van der Waals surface area contributed by atoms with Crippen LogP contribution in [0.4, 0.5) is 23.1 Å². The molecule has 0 spiro atoms. The van der Waals surface area contributed by atoms with Gasteiger partial charge in [-0.3, -0.25) is 4.72 Å². The van der Waals surface area contributed by atoms with Crippen molar-refractivity contribution in [3.63, 3.8) is 0 Å². The van der Waals surface area contributed by atoms with E-state index in [1.54, 1.807) is 42.5 Å². The van der Waals surface area contributed by atoms with Crippen molar-refractivity contribution in [2.24, 2.45) is 0 Å². The Bertz CT molecular complexity index is 1160. The molecule has 3 aromatic rings. The second kappa shape index (κ2) is 8.81. The van der Waals surface area contributed by atoms with Gasteiger partial charge in [0.2, 0.25) is 5.95 Å². The summed E-state index contributed by atoms with van der Waals surface area (Å²) < 4.78 is 33.2. The highest BCUT2D eigenvalue weighted by atomic mass is 32.2. The van der Waals surface area contributed by atoms with Crippen LogP contribution < -0.4 is 19.7 Å². The molecule has 0 atom stereocenters. The van der Waals surface area contributed by atoms with Crippen LogP contribution in [0.15, 0.2) is 59.5 Å². The number of benzene rings is 2. The van der Waals surface area contributed by atoms with Crippen molar-refractivity contribution in [2.45, 2.75) is 24.7 Å². The number of para-hydroxylation sites is 1. The Morgan fingerprint density at radius 2 is 1.65 bits per heavy atom. The molecule has 0 radical (unpaired) electrons. The lowest BCUT2D eigenvalue weighted by atomic mass is 10.3.